The number of hydrogen-bond acceptors (Lipinski definition) is 4. The van der Waals surface area contributed by atoms with Crippen molar-refractivity contribution in [3.63, 3.8) is 0 Å². The maximum Gasteiger partial charge on any atom is 0.322 e. The van der Waals surface area contributed by atoms with E-state index in [1.54, 1.807) is 0 Å². The van der Waals surface area contributed by atoms with Crippen molar-refractivity contribution in [1.82, 2.24) is 10.2 Å². The molecule has 0 bridgehead atoms. The molecular weight excluding hydrogens is 192 g/mol. The van der Waals surface area contributed by atoms with Gasteiger partial charge in [-0.15, -0.1) is 0 Å². The fraction of sp³-hybridized carbons (Fsp3) is 0.909. The Morgan fingerprint density at radius 1 is 1.47 bits per heavy atom. The normalized spacial score (nSPS) is 32.7. The lowest BCUT2D eigenvalue weighted by atomic mass is 10.1. The van der Waals surface area contributed by atoms with Crippen molar-refractivity contribution in [1.29, 1.82) is 0 Å². The number of carbonyl (C=O) groups is 1. The second-order valence-corrected chi connectivity index (χ2v) is 4.55. The lowest BCUT2D eigenvalue weighted by molar-refractivity contribution is -0.142. The molecule has 2 aliphatic heterocycles. The molecular formula is C11H20N2O2. The van der Waals surface area contributed by atoms with Crippen LogP contribution in [0.2, 0.25) is 0 Å². The molecule has 2 aliphatic rings. The van der Waals surface area contributed by atoms with E-state index in [0.717, 1.165) is 6.42 Å². The number of esters is 1. The van der Waals surface area contributed by atoms with Crippen LogP contribution in [0.25, 0.3) is 0 Å². The molecule has 4 heteroatoms. The van der Waals surface area contributed by atoms with Crippen LogP contribution in [0.4, 0.5) is 0 Å². The van der Waals surface area contributed by atoms with Crippen molar-refractivity contribution in [2.75, 3.05) is 20.2 Å². The minimum absolute atomic E-state index is 0.161. The van der Waals surface area contributed by atoms with Gasteiger partial charge in [0.15, 0.2) is 0 Å². The first kappa shape index (κ1) is 10.9. The number of ether oxygens (including phenoxy) is 1. The second-order valence-electron chi connectivity index (χ2n) is 4.55. The van der Waals surface area contributed by atoms with Gasteiger partial charge in [0.2, 0.25) is 0 Å². The van der Waals surface area contributed by atoms with Crippen LogP contribution in [0.3, 0.4) is 0 Å². The summed E-state index contributed by atoms with van der Waals surface area (Å²) in [4.78, 5) is 13.8. The van der Waals surface area contributed by atoms with Gasteiger partial charge in [-0.3, -0.25) is 9.69 Å². The average Bonchev–Trinajstić information content (AvgIpc) is 2.81. The van der Waals surface area contributed by atoms with Gasteiger partial charge in [0.25, 0.3) is 0 Å². The van der Waals surface area contributed by atoms with Crippen molar-refractivity contribution in [2.24, 2.45) is 0 Å². The van der Waals surface area contributed by atoms with E-state index in [1.807, 2.05) is 6.92 Å². The van der Waals surface area contributed by atoms with Crippen LogP contribution in [0.15, 0.2) is 0 Å². The molecule has 3 unspecified atom stereocenters. The van der Waals surface area contributed by atoms with E-state index in [-0.39, 0.29) is 12.0 Å². The molecule has 4 nitrogen and oxygen atoms in total. The van der Waals surface area contributed by atoms with Crippen LogP contribution in [-0.2, 0) is 9.53 Å². The third-order valence-electron chi connectivity index (χ3n) is 3.62. The average molecular weight is 212 g/mol. The number of nitrogens with one attached hydrogen (secondary N) is 1. The number of fused-ring (bicyclic) bond motifs is 1. The number of rotatable bonds is 3. The summed E-state index contributed by atoms with van der Waals surface area (Å²) in [7, 11) is 1.44. The molecule has 3 atom stereocenters. The summed E-state index contributed by atoms with van der Waals surface area (Å²) in [6.07, 6.45) is 3.73. The number of hydrogen-bond donors (Lipinski definition) is 1. The Balaban J connectivity index is 1.87. The van der Waals surface area contributed by atoms with Crippen LogP contribution in [0.5, 0.6) is 0 Å². The summed E-state index contributed by atoms with van der Waals surface area (Å²) in [6, 6.07) is 0.944. The van der Waals surface area contributed by atoms with Crippen LogP contribution in [0.1, 0.15) is 26.2 Å². The number of nitrogens with zero attached hydrogens (tertiary/aromatic N) is 1. The zero-order chi connectivity index (χ0) is 10.8. The molecule has 2 heterocycles. The zero-order valence-corrected chi connectivity index (χ0v) is 9.53. The van der Waals surface area contributed by atoms with E-state index in [9.17, 15) is 4.79 Å². The smallest absolute Gasteiger partial charge is 0.322 e. The van der Waals surface area contributed by atoms with E-state index >= 15 is 0 Å². The first-order chi connectivity index (χ1) is 7.22. The van der Waals surface area contributed by atoms with Gasteiger partial charge in [-0.2, -0.15) is 0 Å². The van der Waals surface area contributed by atoms with Gasteiger partial charge in [-0.05, 0) is 32.7 Å². The molecule has 2 rings (SSSR count). The van der Waals surface area contributed by atoms with E-state index in [4.69, 9.17) is 4.74 Å². The minimum Gasteiger partial charge on any atom is -0.468 e. The van der Waals surface area contributed by atoms with Gasteiger partial charge in [-0.25, -0.2) is 0 Å². The standard InChI is InChI=1S/C11H20N2O2/c1-8(11(14)15-2)12-9-5-7-13-6-3-4-10(9)13/h8-10,12H,3-7H2,1-2H3. The van der Waals surface area contributed by atoms with Gasteiger partial charge in [-0.1, -0.05) is 0 Å². The molecule has 0 radical (unpaired) electrons. The number of carbonyl (C=O) groups excluding carboxylic acids is 1. The maximum absolute atomic E-state index is 11.3. The fourth-order valence-electron chi connectivity index (χ4n) is 2.84. The van der Waals surface area contributed by atoms with Gasteiger partial charge in [0.05, 0.1) is 7.11 Å². The predicted octanol–water partition coefficient (Wildman–Crippen LogP) is 0.374. The monoisotopic (exact) mass is 212 g/mol. The van der Waals surface area contributed by atoms with E-state index in [2.05, 4.69) is 10.2 Å². The fourth-order valence-corrected chi connectivity index (χ4v) is 2.84. The maximum atomic E-state index is 11.3. The Hall–Kier alpha value is -0.610. The molecule has 1 N–H and O–H groups in total. The Labute approximate surface area is 91.0 Å². The van der Waals surface area contributed by atoms with E-state index < -0.39 is 0 Å². The molecule has 2 fully saturated rings. The summed E-state index contributed by atoms with van der Waals surface area (Å²) in [6.45, 7) is 4.29. The lowest BCUT2D eigenvalue weighted by Crippen LogP contribution is -2.46. The molecule has 0 spiro atoms. The highest BCUT2D eigenvalue weighted by atomic mass is 16.5. The molecule has 2 saturated heterocycles. The quantitative estimate of drug-likeness (QED) is 0.686. The van der Waals surface area contributed by atoms with E-state index in [1.165, 1.54) is 33.0 Å². The first-order valence-corrected chi connectivity index (χ1v) is 5.80. The van der Waals surface area contributed by atoms with Crippen molar-refractivity contribution >= 4 is 5.97 Å². The predicted molar refractivity (Wildman–Crippen MR) is 57.6 cm³/mol. The van der Waals surface area contributed by atoms with Crippen molar-refractivity contribution in [3.05, 3.63) is 0 Å². The minimum atomic E-state index is -0.180. The van der Waals surface area contributed by atoms with Crippen molar-refractivity contribution < 1.29 is 9.53 Å². The summed E-state index contributed by atoms with van der Waals surface area (Å²) >= 11 is 0. The Bertz CT molecular complexity index is 245. The molecule has 86 valence electrons. The van der Waals surface area contributed by atoms with Crippen LogP contribution >= 0.6 is 0 Å². The first-order valence-electron chi connectivity index (χ1n) is 5.80. The Kier molecular flexibility index (Phi) is 3.26. The highest BCUT2D eigenvalue weighted by Crippen LogP contribution is 2.28. The SMILES string of the molecule is COC(=O)C(C)NC1CCN2CCCC12. The zero-order valence-electron chi connectivity index (χ0n) is 9.53. The summed E-state index contributed by atoms with van der Waals surface area (Å²) in [5.74, 6) is -0.161. The second kappa shape index (κ2) is 4.49. The van der Waals surface area contributed by atoms with E-state index in [0.29, 0.717) is 12.1 Å². The molecule has 0 aliphatic carbocycles. The highest BCUT2D eigenvalue weighted by molar-refractivity contribution is 5.75. The molecule has 0 amide bonds. The van der Waals surface area contributed by atoms with Gasteiger partial charge in [0, 0.05) is 18.6 Å². The third kappa shape index (κ3) is 2.16. The van der Waals surface area contributed by atoms with Crippen molar-refractivity contribution in [2.45, 2.75) is 44.3 Å². The van der Waals surface area contributed by atoms with Crippen molar-refractivity contribution in [3.8, 4) is 0 Å². The molecule has 0 saturated carbocycles. The molecule has 0 aromatic rings. The molecule has 0 aromatic carbocycles. The Morgan fingerprint density at radius 3 is 3.00 bits per heavy atom. The van der Waals surface area contributed by atoms with Crippen LogP contribution < -0.4 is 5.32 Å². The summed E-state index contributed by atoms with van der Waals surface area (Å²) in [5.41, 5.74) is 0. The summed E-state index contributed by atoms with van der Waals surface area (Å²) in [5, 5.41) is 3.38. The van der Waals surface area contributed by atoms with Crippen LogP contribution in [0, 0.1) is 0 Å². The van der Waals surface area contributed by atoms with Gasteiger partial charge >= 0.3 is 5.97 Å². The largest absolute Gasteiger partial charge is 0.468 e. The van der Waals surface area contributed by atoms with Gasteiger partial charge < -0.3 is 10.1 Å². The third-order valence-corrected chi connectivity index (χ3v) is 3.62. The number of methoxy groups -OCH3 is 1. The topological polar surface area (TPSA) is 41.6 Å². The molecule has 15 heavy (non-hydrogen) atoms. The lowest BCUT2D eigenvalue weighted by Gasteiger charge is -2.23. The van der Waals surface area contributed by atoms with Crippen LogP contribution in [-0.4, -0.2) is 49.2 Å². The van der Waals surface area contributed by atoms with Gasteiger partial charge in [0.1, 0.15) is 6.04 Å². The summed E-state index contributed by atoms with van der Waals surface area (Å²) < 4.78 is 4.72. The molecule has 0 aromatic heterocycles. The highest BCUT2D eigenvalue weighted by Gasteiger charge is 2.38. The Morgan fingerprint density at radius 2 is 2.27 bits per heavy atom.